The Kier molecular flexibility index (Phi) is 3.14. The van der Waals surface area contributed by atoms with Crippen LogP contribution in [-0.2, 0) is 17.9 Å². The van der Waals surface area contributed by atoms with Gasteiger partial charge in [0.1, 0.15) is 0 Å². The Morgan fingerprint density at radius 2 is 1.77 bits per heavy atom. The van der Waals surface area contributed by atoms with Crippen LogP contribution in [0.5, 0.6) is 0 Å². The molecule has 2 heterocycles. The fourth-order valence-electron chi connectivity index (χ4n) is 4.15. The molecule has 5 nitrogen and oxygen atoms in total. The molecule has 2 aliphatic heterocycles. The summed E-state index contributed by atoms with van der Waals surface area (Å²) in [4.78, 5) is 14.4. The summed E-state index contributed by atoms with van der Waals surface area (Å²) in [5, 5.41) is 17.8. The van der Waals surface area contributed by atoms with Gasteiger partial charge in [-0.15, -0.1) is 0 Å². The van der Waals surface area contributed by atoms with Gasteiger partial charge in [-0.25, -0.2) is 0 Å². The van der Waals surface area contributed by atoms with Gasteiger partial charge in [0.2, 0.25) is 0 Å². The number of fused-ring (bicyclic) bond motifs is 4. The van der Waals surface area contributed by atoms with Crippen molar-refractivity contribution in [2.45, 2.75) is 13.1 Å². The minimum atomic E-state index is -0.352. The molecule has 2 N–H and O–H groups in total. The topological polar surface area (TPSA) is 64.9 Å². The number of benzene rings is 3. The van der Waals surface area contributed by atoms with Gasteiger partial charge in [-0.2, -0.15) is 0 Å². The number of carbonyl (C=O) groups is 1. The number of oxime groups is 1. The van der Waals surface area contributed by atoms with Crippen molar-refractivity contribution < 1.29 is 10.0 Å². The highest BCUT2D eigenvalue weighted by Crippen LogP contribution is 2.43. The van der Waals surface area contributed by atoms with Gasteiger partial charge in [0.05, 0.1) is 5.69 Å². The van der Waals surface area contributed by atoms with Crippen LogP contribution >= 0.6 is 0 Å². The molecular formula is C21H17N3O2. The molecule has 2 aliphatic rings. The minimum Gasteiger partial charge on any atom is -0.410 e. The Balaban J connectivity index is 1.85. The van der Waals surface area contributed by atoms with Crippen LogP contribution in [0.4, 0.5) is 5.69 Å². The molecule has 0 fully saturated rings. The SMILES string of the molecule is CN1Cc2c(-c3cccc4ccccc34)cc3c(c2C1)NC(=O)C3=NO. The molecule has 0 saturated carbocycles. The summed E-state index contributed by atoms with van der Waals surface area (Å²) < 4.78 is 0. The lowest BCUT2D eigenvalue weighted by molar-refractivity contribution is -0.110. The molecule has 0 aliphatic carbocycles. The maximum absolute atomic E-state index is 12.2. The molecule has 0 spiro atoms. The van der Waals surface area contributed by atoms with Crippen molar-refractivity contribution in [3.63, 3.8) is 0 Å². The molecule has 0 atom stereocenters. The van der Waals surface area contributed by atoms with Crippen molar-refractivity contribution in [1.82, 2.24) is 4.90 Å². The van der Waals surface area contributed by atoms with Gasteiger partial charge in [0.15, 0.2) is 5.71 Å². The number of hydrogen-bond acceptors (Lipinski definition) is 4. The molecule has 3 aromatic carbocycles. The van der Waals surface area contributed by atoms with Gasteiger partial charge in [-0.1, -0.05) is 47.6 Å². The number of anilines is 1. The molecular weight excluding hydrogens is 326 g/mol. The molecule has 0 unspecified atom stereocenters. The first kappa shape index (κ1) is 15.1. The van der Waals surface area contributed by atoms with E-state index < -0.39 is 0 Å². The second kappa shape index (κ2) is 5.41. The molecule has 128 valence electrons. The number of rotatable bonds is 1. The summed E-state index contributed by atoms with van der Waals surface area (Å²) in [7, 11) is 2.07. The van der Waals surface area contributed by atoms with Crippen LogP contribution < -0.4 is 5.32 Å². The Bertz CT molecular complexity index is 1110. The molecule has 5 heteroatoms. The smallest absolute Gasteiger partial charge is 0.278 e. The quantitative estimate of drug-likeness (QED) is 0.524. The summed E-state index contributed by atoms with van der Waals surface area (Å²) in [6, 6.07) is 16.6. The van der Waals surface area contributed by atoms with Crippen molar-refractivity contribution in [3.05, 3.63) is 65.2 Å². The third kappa shape index (κ3) is 2.01. The summed E-state index contributed by atoms with van der Waals surface area (Å²) in [6.45, 7) is 1.58. The predicted octanol–water partition coefficient (Wildman–Crippen LogP) is 3.58. The van der Waals surface area contributed by atoms with E-state index in [4.69, 9.17) is 0 Å². The van der Waals surface area contributed by atoms with Crippen LogP contribution in [0.3, 0.4) is 0 Å². The van der Waals surface area contributed by atoms with E-state index in [1.165, 1.54) is 16.3 Å². The summed E-state index contributed by atoms with van der Waals surface area (Å²) in [5.41, 5.74) is 6.10. The van der Waals surface area contributed by atoms with Gasteiger partial charge in [0, 0.05) is 18.7 Å². The first-order valence-corrected chi connectivity index (χ1v) is 8.56. The van der Waals surface area contributed by atoms with E-state index >= 15 is 0 Å². The number of nitrogens with zero attached hydrogens (tertiary/aromatic N) is 2. The van der Waals surface area contributed by atoms with Gasteiger partial charge < -0.3 is 10.5 Å². The molecule has 3 aromatic rings. The molecule has 5 rings (SSSR count). The van der Waals surface area contributed by atoms with Crippen LogP contribution in [0.25, 0.3) is 21.9 Å². The van der Waals surface area contributed by atoms with E-state index in [1.54, 1.807) is 0 Å². The van der Waals surface area contributed by atoms with E-state index in [0.717, 1.165) is 35.5 Å². The number of hydrogen-bond donors (Lipinski definition) is 2. The van der Waals surface area contributed by atoms with Crippen molar-refractivity contribution >= 4 is 28.1 Å². The first-order chi connectivity index (χ1) is 12.7. The van der Waals surface area contributed by atoms with Gasteiger partial charge >= 0.3 is 0 Å². The lowest BCUT2D eigenvalue weighted by Crippen LogP contribution is -2.14. The summed E-state index contributed by atoms with van der Waals surface area (Å²) in [6.07, 6.45) is 0. The monoisotopic (exact) mass is 343 g/mol. The lowest BCUT2D eigenvalue weighted by Gasteiger charge is -2.14. The summed E-state index contributed by atoms with van der Waals surface area (Å²) in [5.74, 6) is -0.352. The number of nitrogens with one attached hydrogen (secondary N) is 1. The molecule has 0 radical (unpaired) electrons. The molecule has 0 saturated heterocycles. The Morgan fingerprint density at radius 3 is 2.62 bits per heavy atom. The third-order valence-electron chi connectivity index (χ3n) is 5.29. The average molecular weight is 343 g/mol. The van der Waals surface area contributed by atoms with Gasteiger partial charge in [-0.05, 0) is 46.1 Å². The van der Waals surface area contributed by atoms with Crippen molar-refractivity contribution in [3.8, 4) is 11.1 Å². The second-order valence-electron chi connectivity index (χ2n) is 6.91. The fraction of sp³-hybridized carbons (Fsp3) is 0.143. The third-order valence-corrected chi connectivity index (χ3v) is 5.29. The highest BCUT2D eigenvalue weighted by atomic mass is 16.4. The normalized spacial score (nSPS) is 17.6. The standard InChI is InChI=1S/C21H17N3O2/c1-24-10-17-15(14-8-4-6-12-5-2-3-7-13(12)14)9-16-19(18(17)11-24)22-21(25)20(16)23-26/h2-9,26H,10-11H2,1H3,(H,22,23,25). The zero-order valence-electron chi connectivity index (χ0n) is 14.3. The zero-order valence-corrected chi connectivity index (χ0v) is 14.3. The van der Waals surface area contributed by atoms with Crippen LogP contribution in [0.2, 0.25) is 0 Å². The summed E-state index contributed by atoms with van der Waals surface area (Å²) >= 11 is 0. The average Bonchev–Trinajstić information content (AvgIpc) is 3.19. The van der Waals surface area contributed by atoms with Crippen LogP contribution in [0.15, 0.2) is 53.7 Å². The Morgan fingerprint density at radius 1 is 1.00 bits per heavy atom. The largest absolute Gasteiger partial charge is 0.410 e. The van der Waals surface area contributed by atoms with Crippen molar-refractivity contribution in [1.29, 1.82) is 0 Å². The highest BCUT2D eigenvalue weighted by molar-refractivity contribution is 6.54. The second-order valence-corrected chi connectivity index (χ2v) is 6.91. The van der Waals surface area contributed by atoms with Crippen molar-refractivity contribution in [2.24, 2.45) is 5.16 Å². The van der Waals surface area contributed by atoms with E-state index in [9.17, 15) is 10.0 Å². The maximum atomic E-state index is 12.2. The van der Waals surface area contributed by atoms with Gasteiger partial charge in [0.25, 0.3) is 5.91 Å². The highest BCUT2D eigenvalue weighted by Gasteiger charge is 2.34. The van der Waals surface area contributed by atoms with Crippen LogP contribution in [0, 0.1) is 0 Å². The van der Waals surface area contributed by atoms with E-state index in [-0.39, 0.29) is 11.6 Å². The molecule has 0 aromatic heterocycles. The number of amides is 1. The Hall–Kier alpha value is -3.18. The molecule has 0 bridgehead atoms. The van der Waals surface area contributed by atoms with Crippen LogP contribution in [-0.4, -0.2) is 28.8 Å². The van der Waals surface area contributed by atoms with Crippen molar-refractivity contribution in [2.75, 3.05) is 12.4 Å². The minimum absolute atomic E-state index is 0.0823. The van der Waals surface area contributed by atoms with E-state index in [2.05, 4.69) is 52.8 Å². The Labute approximate surface area is 150 Å². The lowest BCUT2D eigenvalue weighted by atomic mass is 9.90. The number of carbonyl (C=O) groups excluding carboxylic acids is 1. The first-order valence-electron chi connectivity index (χ1n) is 8.56. The molecule has 1 amide bonds. The maximum Gasteiger partial charge on any atom is 0.278 e. The van der Waals surface area contributed by atoms with E-state index in [1.807, 2.05) is 18.2 Å². The van der Waals surface area contributed by atoms with E-state index in [0.29, 0.717) is 5.56 Å². The zero-order chi connectivity index (χ0) is 17.8. The molecule has 26 heavy (non-hydrogen) atoms. The van der Waals surface area contributed by atoms with Gasteiger partial charge in [-0.3, -0.25) is 9.69 Å². The predicted molar refractivity (Wildman–Crippen MR) is 102 cm³/mol. The van der Waals surface area contributed by atoms with Crippen LogP contribution in [0.1, 0.15) is 16.7 Å². The fourth-order valence-corrected chi connectivity index (χ4v) is 4.15.